The van der Waals surface area contributed by atoms with Crippen LogP contribution in [0.25, 0.3) is 0 Å². The van der Waals surface area contributed by atoms with E-state index in [2.05, 4.69) is 10.3 Å². The molecule has 12 heteroatoms. The van der Waals surface area contributed by atoms with Crippen LogP contribution in [0.3, 0.4) is 0 Å². The summed E-state index contributed by atoms with van der Waals surface area (Å²) in [6, 6.07) is 33.0. The first-order valence-corrected chi connectivity index (χ1v) is 17.4. The van der Waals surface area contributed by atoms with E-state index in [9.17, 15) is 19.2 Å². The molecular weight excluding hydrogens is 710 g/mol. The number of aliphatic carboxylic acids is 1. The fourth-order valence-electron chi connectivity index (χ4n) is 5.41. The lowest BCUT2D eigenvalue weighted by Crippen LogP contribution is -2.41. The minimum Gasteiger partial charge on any atom is -0.497 e. The maximum atomic E-state index is 14.0. The van der Waals surface area contributed by atoms with E-state index >= 15 is 0 Å². The van der Waals surface area contributed by atoms with Crippen LogP contribution in [0.5, 0.6) is 11.5 Å². The van der Waals surface area contributed by atoms with E-state index in [-0.39, 0.29) is 36.6 Å². The summed E-state index contributed by atoms with van der Waals surface area (Å²) in [6.07, 6.45) is 2.76. The van der Waals surface area contributed by atoms with E-state index in [0.717, 1.165) is 11.1 Å². The summed E-state index contributed by atoms with van der Waals surface area (Å²) in [5.41, 5.74) is 3.69. The number of esters is 1. The Kier molecular flexibility index (Phi) is 15.6. The average Bonchev–Trinajstić information content (AvgIpc) is 3.20. The highest BCUT2D eigenvalue weighted by Crippen LogP contribution is 2.31. The van der Waals surface area contributed by atoms with Crippen LogP contribution in [-0.2, 0) is 38.5 Å². The van der Waals surface area contributed by atoms with Crippen molar-refractivity contribution in [2.75, 3.05) is 26.6 Å². The first-order valence-electron chi connectivity index (χ1n) is 17.0. The Morgan fingerprint density at radius 3 is 1.94 bits per heavy atom. The van der Waals surface area contributed by atoms with Crippen LogP contribution in [0.4, 0.5) is 5.69 Å². The molecular formula is C42H42ClN3O8. The number of amides is 2. The Labute approximate surface area is 319 Å². The van der Waals surface area contributed by atoms with Gasteiger partial charge in [-0.3, -0.25) is 19.4 Å². The molecule has 4 aromatic carbocycles. The quantitative estimate of drug-likeness (QED) is 0.103. The first-order chi connectivity index (χ1) is 26.1. The van der Waals surface area contributed by atoms with Gasteiger partial charge in [-0.1, -0.05) is 72.3 Å². The number of carbonyl (C=O) groups is 4. The van der Waals surface area contributed by atoms with Crippen LogP contribution < -0.4 is 14.8 Å². The molecule has 1 atom stereocenters. The van der Waals surface area contributed by atoms with E-state index in [1.807, 2.05) is 60.7 Å². The lowest BCUT2D eigenvalue weighted by atomic mass is 10.0. The molecule has 0 fully saturated rings. The van der Waals surface area contributed by atoms with Gasteiger partial charge in [-0.2, -0.15) is 0 Å². The number of benzene rings is 4. The van der Waals surface area contributed by atoms with Crippen LogP contribution in [0, 0.1) is 0 Å². The third-order valence-electron chi connectivity index (χ3n) is 8.26. The van der Waals surface area contributed by atoms with E-state index < -0.39 is 23.9 Å². The molecule has 0 radical (unpaired) electrons. The molecule has 280 valence electrons. The van der Waals surface area contributed by atoms with Crippen molar-refractivity contribution in [3.8, 4) is 11.5 Å². The molecule has 54 heavy (non-hydrogen) atoms. The van der Waals surface area contributed by atoms with Crippen LogP contribution in [0.1, 0.15) is 51.6 Å². The highest BCUT2D eigenvalue weighted by Gasteiger charge is 2.33. The third-order valence-corrected chi connectivity index (χ3v) is 8.51. The van der Waals surface area contributed by atoms with Gasteiger partial charge in [0.15, 0.2) is 6.04 Å². The highest BCUT2D eigenvalue weighted by atomic mass is 35.5. The van der Waals surface area contributed by atoms with Crippen molar-refractivity contribution in [2.45, 2.75) is 38.3 Å². The van der Waals surface area contributed by atoms with Gasteiger partial charge in [0.1, 0.15) is 11.5 Å². The van der Waals surface area contributed by atoms with Gasteiger partial charge in [0, 0.05) is 41.4 Å². The SMILES string of the molecule is COC(=O)c1ccc(C(C(=O)Nc2ccc(Cl)cc2)N(Cc2ccc(OC)cc2OC)C(=O)CCc2ccccc2)nc1.O=C(O)CCc1ccccc1. The summed E-state index contributed by atoms with van der Waals surface area (Å²) >= 11 is 6.04. The highest BCUT2D eigenvalue weighted by molar-refractivity contribution is 6.30. The molecule has 0 aliphatic heterocycles. The number of aromatic nitrogens is 1. The zero-order valence-corrected chi connectivity index (χ0v) is 31.0. The largest absolute Gasteiger partial charge is 0.497 e. The van der Waals surface area contributed by atoms with Gasteiger partial charge in [0.05, 0.1) is 39.1 Å². The standard InChI is InChI=1S/C33H32ClN3O6.C9H10O2/c1-41-27-16-10-24(29(19-27)42-2)21-37(30(38)18-9-22-7-5-4-6-8-22)31(28-17-11-23(20-35-28)33(40)43-3)32(39)36-26-14-12-25(34)13-15-26;10-9(11)7-6-8-4-2-1-3-5-8/h4-8,10-17,19-20,31H,9,18,21H2,1-3H3,(H,36,39);1-5H,6-7H2,(H,10,11). The molecule has 1 heterocycles. The number of ether oxygens (including phenoxy) is 3. The van der Waals surface area contributed by atoms with Crippen molar-refractivity contribution < 1.29 is 38.5 Å². The molecule has 2 amide bonds. The number of rotatable bonds is 15. The number of halogens is 1. The summed E-state index contributed by atoms with van der Waals surface area (Å²) in [5, 5.41) is 11.8. The van der Waals surface area contributed by atoms with Gasteiger partial charge in [0.2, 0.25) is 5.91 Å². The van der Waals surface area contributed by atoms with Crippen molar-refractivity contribution in [3.63, 3.8) is 0 Å². The van der Waals surface area contributed by atoms with Gasteiger partial charge >= 0.3 is 11.9 Å². The summed E-state index contributed by atoms with van der Waals surface area (Å²) in [4.78, 5) is 56.2. The van der Waals surface area contributed by atoms with Crippen molar-refractivity contribution >= 4 is 41.0 Å². The van der Waals surface area contributed by atoms with Gasteiger partial charge in [-0.05, 0) is 72.5 Å². The number of hydrogen-bond acceptors (Lipinski definition) is 8. The van der Waals surface area contributed by atoms with Gasteiger partial charge in [-0.25, -0.2) is 4.79 Å². The molecule has 0 saturated carbocycles. The van der Waals surface area contributed by atoms with Crippen molar-refractivity contribution in [2.24, 2.45) is 0 Å². The Balaban J connectivity index is 0.000000506. The topological polar surface area (TPSA) is 144 Å². The molecule has 0 spiro atoms. The predicted molar refractivity (Wildman–Crippen MR) is 206 cm³/mol. The molecule has 1 aromatic heterocycles. The summed E-state index contributed by atoms with van der Waals surface area (Å²) in [6.45, 7) is 0.0277. The minimum atomic E-state index is -1.17. The lowest BCUT2D eigenvalue weighted by Gasteiger charge is -2.31. The monoisotopic (exact) mass is 751 g/mol. The molecule has 0 aliphatic rings. The van der Waals surface area contributed by atoms with Gasteiger partial charge < -0.3 is 29.5 Å². The second kappa shape index (κ2) is 20.7. The second-order valence-electron chi connectivity index (χ2n) is 11.9. The minimum absolute atomic E-state index is 0.0277. The maximum Gasteiger partial charge on any atom is 0.339 e. The molecule has 0 aliphatic carbocycles. The Bertz CT molecular complexity index is 1980. The van der Waals surface area contributed by atoms with Crippen LogP contribution in [0.2, 0.25) is 5.02 Å². The number of carbonyl (C=O) groups excluding carboxylic acids is 3. The number of nitrogens with zero attached hydrogens (tertiary/aromatic N) is 2. The molecule has 1 unspecified atom stereocenters. The predicted octanol–water partition coefficient (Wildman–Crippen LogP) is 7.58. The maximum absolute atomic E-state index is 14.0. The Morgan fingerprint density at radius 1 is 0.778 bits per heavy atom. The number of carboxylic acids is 1. The van der Waals surface area contributed by atoms with Crippen molar-refractivity contribution in [1.29, 1.82) is 0 Å². The molecule has 11 nitrogen and oxygen atoms in total. The number of nitrogens with one attached hydrogen (secondary N) is 1. The third kappa shape index (κ3) is 12.2. The number of pyridine rings is 1. The number of anilines is 1. The summed E-state index contributed by atoms with van der Waals surface area (Å²) in [5.74, 6) is -1.02. The number of aryl methyl sites for hydroxylation is 2. The average molecular weight is 752 g/mol. The normalized spacial score (nSPS) is 10.9. The van der Waals surface area contributed by atoms with Crippen LogP contribution >= 0.6 is 11.6 Å². The number of hydrogen-bond donors (Lipinski definition) is 2. The molecule has 0 bridgehead atoms. The smallest absolute Gasteiger partial charge is 0.339 e. The summed E-state index contributed by atoms with van der Waals surface area (Å²) in [7, 11) is 4.35. The van der Waals surface area contributed by atoms with E-state index in [1.54, 1.807) is 55.6 Å². The van der Waals surface area contributed by atoms with Gasteiger partial charge in [0.25, 0.3) is 5.91 Å². The lowest BCUT2D eigenvalue weighted by molar-refractivity contribution is -0.139. The molecule has 5 aromatic rings. The van der Waals surface area contributed by atoms with Crippen LogP contribution in [-0.4, -0.2) is 60.1 Å². The van der Waals surface area contributed by atoms with E-state index in [0.29, 0.717) is 40.6 Å². The molecule has 0 saturated heterocycles. The Hall–Kier alpha value is -6.20. The fourth-order valence-corrected chi connectivity index (χ4v) is 5.54. The second-order valence-corrected chi connectivity index (χ2v) is 12.4. The van der Waals surface area contributed by atoms with Gasteiger partial charge in [-0.15, -0.1) is 0 Å². The zero-order valence-electron chi connectivity index (χ0n) is 30.2. The van der Waals surface area contributed by atoms with Crippen molar-refractivity contribution in [3.05, 3.63) is 154 Å². The van der Waals surface area contributed by atoms with Crippen LogP contribution in [0.15, 0.2) is 121 Å². The number of methoxy groups -OCH3 is 3. The summed E-state index contributed by atoms with van der Waals surface area (Å²) < 4.78 is 15.7. The fraction of sp³-hybridized carbons (Fsp3) is 0.214. The van der Waals surface area contributed by atoms with Crippen molar-refractivity contribution in [1.82, 2.24) is 9.88 Å². The van der Waals surface area contributed by atoms with E-state index in [4.69, 9.17) is 30.9 Å². The first kappa shape index (κ1) is 40.6. The molecule has 5 rings (SSSR count). The van der Waals surface area contributed by atoms with E-state index in [1.165, 1.54) is 31.4 Å². The molecule has 2 N–H and O–H groups in total. The zero-order chi connectivity index (χ0) is 38.9. The Morgan fingerprint density at radius 2 is 1.41 bits per heavy atom. The number of carboxylic acid groups (broad SMARTS) is 1.